The van der Waals surface area contributed by atoms with Gasteiger partial charge in [0, 0.05) is 23.4 Å². The third kappa shape index (κ3) is 1.98. The number of aromatic nitrogens is 1. The van der Waals surface area contributed by atoms with E-state index in [1.165, 1.54) is 11.1 Å². The molecule has 122 valence electrons. The Morgan fingerprint density at radius 1 is 1.29 bits per heavy atom. The molecular formula is C15H10N3O5S-. The van der Waals surface area contributed by atoms with Crippen molar-refractivity contribution in [2.75, 3.05) is 4.90 Å². The summed E-state index contributed by atoms with van der Waals surface area (Å²) in [5.41, 5.74) is 0.298. The van der Waals surface area contributed by atoms with E-state index in [9.17, 15) is 23.1 Å². The molecule has 2 aromatic rings. The maximum atomic E-state index is 12.8. The van der Waals surface area contributed by atoms with E-state index in [-0.39, 0.29) is 29.5 Å². The van der Waals surface area contributed by atoms with Crippen molar-refractivity contribution in [2.24, 2.45) is 0 Å². The largest absolute Gasteiger partial charge is 0.768 e. The first-order valence-electron chi connectivity index (χ1n) is 7.17. The van der Waals surface area contributed by atoms with Crippen molar-refractivity contribution in [1.82, 2.24) is 10.3 Å². The number of nitrogens with one attached hydrogen (secondary N) is 1. The average molecular weight is 344 g/mol. The van der Waals surface area contributed by atoms with Gasteiger partial charge in [0.2, 0.25) is 11.8 Å². The van der Waals surface area contributed by atoms with Gasteiger partial charge in [-0.2, -0.15) is 0 Å². The Kier molecular flexibility index (Phi) is 3.22. The molecule has 0 bridgehead atoms. The number of rotatable bonds is 2. The Bertz CT molecular complexity index is 958. The van der Waals surface area contributed by atoms with Crippen LogP contribution in [-0.4, -0.2) is 37.5 Å². The van der Waals surface area contributed by atoms with Gasteiger partial charge < -0.3 is 4.55 Å². The highest BCUT2D eigenvalue weighted by Gasteiger charge is 2.41. The van der Waals surface area contributed by atoms with Crippen molar-refractivity contribution in [2.45, 2.75) is 23.8 Å². The van der Waals surface area contributed by atoms with Crippen LogP contribution in [0.5, 0.6) is 0 Å². The molecule has 1 fully saturated rings. The van der Waals surface area contributed by atoms with Crippen LogP contribution in [0.1, 0.15) is 23.2 Å². The highest BCUT2D eigenvalue weighted by Crippen LogP contribution is 2.39. The quantitative estimate of drug-likeness (QED) is 0.615. The van der Waals surface area contributed by atoms with Crippen molar-refractivity contribution < 1.29 is 23.1 Å². The molecule has 1 aromatic heterocycles. The molecular weight excluding hydrogens is 334 g/mol. The third-order valence-corrected chi connectivity index (χ3v) is 4.92. The van der Waals surface area contributed by atoms with E-state index in [4.69, 9.17) is 0 Å². The van der Waals surface area contributed by atoms with E-state index in [0.29, 0.717) is 16.3 Å². The molecule has 2 unspecified atom stereocenters. The lowest BCUT2D eigenvalue weighted by Gasteiger charge is -2.29. The Morgan fingerprint density at radius 2 is 2.08 bits per heavy atom. The van der Waals surface area contributed by atoms with Crippen LogP contribution in [0, 0.1) is 0 Å². The number of carbonyl (C=O) groups excluding carboxylic acids is 3. The molecule has 0 saturated carbocycles. The van der Waals surface area contributed by atoms with Gasteiger partial charge in [-0.05, 0) is 23.6 Å². The molecule has 8 nitrogen and oxygen atoms in total. The van der Waals surface area contributed by atoms with Gasteiger partial charge in [0.15, 0.2) is 0 Å². The van der Waals surface area contributed by atoms with E-state index in [2.05, 4.69) is 10.3 Å². The van der Waals surface area contributed by atoms with Crippen LogP contribution in [0.3, 0.4) is 0 Å². The minimum atomic E-state index is -2.50. The lowest BCUT2D eigenvalue weighted by Crippen LogP contribution is -2.53. The van der Waals surface area contributed by atoms with Gasteiger partial charge in [-0.1, -0.05) is 12.1 Å². The monoisotopic (exact) mass is 344 g/mol. The molecule has 9 heteroatoms. The van der Waals surface area contributed by atoms with Crippen molar-refractivity contribution in [3.63, 3.8) is 0 Å². The molecule has 0 radical (unpaired) electrons. The molecule has 2 atom stereocenters. The fourth-order valence-electron chi connectivity index (χ4n) is 3.19. The molecule has 1 aromatic carbocycles. The maximum absolute atomic E-state index is 12.8. The molecule has 1 N–H and O–H groups in total. The van der Waals surface area contributed by atoms with Gasteiger partial charge >= 0.3 is 0 Å². The van der Waals surface area contributed by atoms with Gasteiger partial charge in [0.1, 0.15) is 11.9 Å². The van der Waals surface area contributed by atoms with Crippen LogP contribution in [-0.2, 0) is 20.7 Å². The average Bonchev–Trinajstić information content (AvgIpc) is 2.82. The number of pyridine rings is 1. The lowest BCUT2D eigenvalue weighted by atomic mass is 10.0. The molecule has 2 aliphatic heterocycles. The number of imide groups is 1. The molecule has 24 heavy (non-hydrogen) atoms. The summed E-state index contributed by atoms with van der Waals surface area (Å²) in [5, 5.41) is 3.01. The van der Waals surface area contributed by atoms with Gasteiger partial charge in [0.25, 0.3) is 5.91 Å². The van der Waals surface area contributed by atoms with Gasteiger partial charge in [0.05, 0.1) is 10.5 Å². The molecule has 2 aliphatic rings. The Balaban J connectivity index is 1.90. The summed E-state index contributed by atoms with van der Waals surface area (Å²) in [4.78, 5) is 41.6. The first-order valence-corrected chi connectivity index (χ1v) is 8.25. The van der Waals surface area contributed by atoms with E-state index in [0.717, 1.165) is 0 Å². The second-order valence-corrected chi connectivity index (χ2v) is 6.46. The van der Waals surface area contributed by atoms with E-state index >= 15 is 0 Å². The highest BCUT2D eigenvalue weighted by molar-refractivity contribution is 7.79. The highest BCUT2D eigenvalue weighted by atomic mass is 32.2. The maximum Gasteiger partial charge on any atom is 0.260 e. The minimum Gasteiger partial charge on any atom is -0.768 e. The van der Waals surface area contributed by atoms with Gasteiger partial charge in [-0.3, -0.25) is 28.8 Å². The van der Waals surface area contributed by atoms with Gasteiger partial charge in [-0.15, -0.1) is 0 Å². The fraction of sp³-hybridized carbons (Fsp3) is 0.200. The molecule has 1 saturated heterocycles. The topological polar surface area (TPSA) is 120 Å². The Morgan fingerprint density at radius 3 is 2.79 bits per heavy atom. The number of benzene rings is 1. The predicted octanol–water partition coefficient (Wildman–Crippen LogP) is 0.238. The van der Waals surface area contributed by atoms with Crippen LogP contribution in [0.2, 0.25) is 0 Å². The van der Waals surface area contributed by atoms with Crippen molar-refractivity contribution in [3.05, 3.63) is 30.0 Å². The Hall–Kier alpha value is -2.65. The zero-order chi connectivity index (χ0) is 17.0. The zero-order valence-corrected chi connectivity index (χ0v) is 13.0. The lowest BCUT2D eigenvalue weighted by molar-refractivity contribution is -0.134. The molecule has 3 amide bonds. The summed E-state index contributed by atoms with van der Waals surface area (Å²) in [7, 11) is 0. The van der Waals surface area contributed by atoms with Crippen LogP contribution in [0.4, 0.5) is 5.82 Å². The molecule has 0 spiro atoms. The second kappa shape index (κ2) is 5.18. The van der Waals surface area contributed by atoms with Crippen molar-refractivity contribution >= 4 is 45.4 Å². The number of anilines is 1. The van der Waals surface area contributed by atoms with E-state index < -0.39 is 28.9 Å². The van der Waals surface area contributed by atoms with Crippen LogP contribution in [0.15, 0.2) is 29.3 Å². The van der Waals surface area contributed by atoms with Crippen molar-refractivity contribution in [3.8, 4) is 0 Å². The van der Waals surface area contributed by atoms with Crippen LogP contribution >= 0.6 is 0 Å². The Labute approximate surface area is 138 Å². The number of piperidine rings is 1. The smallest absolute Gasteiger partial charge is 0.260 e. The summed E-state index contributed by atoms with van der Waals surface area (Å²) >= 11 is -2.50. The van der Waals surface area contributed by atoms with E-state index in [1.54, 1.807) is 18.2 Å². The summed E-state index contributed by atoms with van der Waals surface area (Å²) in [6.45, 7) is 0. The number of nitrogens with zero attached hydrogens (tertiary/aromatic N) is 2. The first-order chi connectivity index (χ1) is 11.5. The number of amides is 3. The summed E-state index contributed by atoms with van der Waals surface area (Å²) in [5.74, 6) is -1.12. The summed E-state index contributed by atoms with van der Waals surface area (Å²) in [6, 6.07) is 3.90. The van der Waals surface area contributed by atoms with Crippen molar-refractivity contribution in [1.29, 1.82) is 0 Å². The minimum absolute atomic E-state index is 0.00600. The number of carbonyl (C=O) groups is 3. The molecule has 0 aliphatic carbocycles. The summed E-state index contributed by atoms with van der Waals surface area (Å²) < 4.78 is 22.7. The fourth-order valence-corrected chi connectivity index (χ4v) is 3.68. The molecule has 3 heterocycles. The second-order valence-electron chi connectivity index (χ2n) is 5.55. The normalized spacial score (nSPS) is 21.3. The third-order valence-electron chi connectivity index (χ3n) is 4.24. The SMILES string of the molecule is O=C1CCC(N2C(=O)c3cccc4c(S(=O)[O-])cnc2c34)C(=O)N1. The predicted molar refractivity (Wildman–Crippen MR) is 81.9 cm³/mol. The van der Waals surface area contributed by atoms with E-state index in [1.807, 2.05) is 0 Å². The first kappa shape index (κ1) is 14.9. The van der Waals surface area contributed by atoms with Crippen LogP contribution < -0.4 is 10.2 Å². The zero-order valence-electron chi connectivity index (χ0n) is 12.1. The number of hydrogen-bond acceptors (Lipinski definition) is 6. The molecule has 4 rings (SSSR count). The van der Waals surface area contributed by atoms with Crippen LogP contribution in [0.25, 0.3) is 10.8 Å². The standard InChI is InChI=1S/C15H11N3O5S/c19-11-5-4-9(14(20)17-11)18-13-12-7(10(6-16-13)24(22)23)2-1-3-8(12)15(18)21/h1-3,6,9H,4-5H2,(H,22,23)(H,17,19,20)/p-1. The number of hydrogen-bond donors (Lipinski definition) is 1. The van der Waals surface area contributed by atoms with Gasteiger partial charge in [-0.25, -0.2) is 4.98 Å². The summed E-state index contributed by atoms with van der Waals surface area (Å²) in [6.07, 6.45) is 1.49.